The Bertz CT molecular complexity index is 1010. The Morgan fingerprint density at radius 1 is 1.14 bits per heavy atom. The van der Waals surface area contributed by atoms with Gasteiger partial charge < -0.3 is 4.90 Å². The van der Waals surface area contributed by atoms with E-state index in [0.29, 0.717) is 13.1 Å². The fourth-order valence-corrected chi connectivity index (χ4v) is 5.13. The summed E-state index contributed by atoms with van der Waals surface area (Å²) in [5, 5.41) is 0. The number of likely N-dealkylation sites (tertiary alicyclic amines) is 1. The van der Waals surface area contributed by atoms with E-state index in [4.69, 9.17) is 0 Å². The summed E-state index contributed by atoms with van der Waals surface area (Å²) < 4.78 is 38.9. The van der Waals surface area contributed by atoms with Crippen LogP contribution in [0, 0.1) is 11.7 Å². The van der Waals surface area contributed by atoms with Gasteiger partial charge in [-0.2, -0.15) is 0 Å². The van der Waals surface area contributed by atoms with Crippen molar-refractivity contribution in [2.45, 2.75) is 31.2 Å². The lowest BCUT2D eigenvalue weighted by molar-refractivity contribution is -0.133. The van der Waals surface area contributed by atoms with Crippen molar-refractivity contribution < 1.29 is 17.6 Å². The zero-order valence-corrected chi connectivity index (χ0v) is 17.2. The van der Waals surface area contributed by atoms with Gasteiger partial charge in [0, 0.05) is 25.0 Å². The third-order valence-electron chi connectivity index (χ3n) is 5.74. The quantitative estimate of drug-likeness (QED) is 0.814. The normalized spacial score (nSPS) is 24.3. The molecule has 0 radical (unpaired) electrons. The molecular formula is C22H25FN2O3S. The van der Waals surface area contributed by atoms with Crippen LogP contribution in [-0.4, -0.2) is 44.6 Å². The molecule has 0 bridgehead atoms. The Balaban J connectivity index is 1.47. The van der Waals surface area contributed by atoms with Gasteiger partial charge in [0.05, 0.1) is 6.26 Å². The van der Waals surface area contributed by atoms with E-state index >= 15 is 0 Å². The van der Waals surface area contributed by atoms with Crippen molar-refractivity contribution >= 4 is 15.9 Å². The second-order valence-electron chi connectivity index (χ2n) is 8.06. The maximum atomic E-state index is 13.3. The summed E-state index contributed by atoms with van der Waals surface area (Å²) in [6.07, 6.45) is 3.48. The standard InChI is InChI=1S/C22H25FN2O3S/c1-29(27,28)24-17-5-4-12-25(14-17)22(26)21-13-20(21)19-7-3-2-6-18(19)15-8-10-16(23)11-9-15/h2-3,6-11,17,20-21,24H,4-5,12-14H2,1H3/t17-,20-,21+/m0/s1. The van der Waals surface area contributed by atoms with E-state index in [2.05, 4.69) is 4.72 Å². The predicted molar refractivity (Wildman–Crippen MR) is 110 cm³/mol. The molecule has 2 aliphatic rings. The van der Waals surface area contributed by atoms with Gasteiger partial charge in [0.1, 0.15) is 5.82 Å². The number of hydrogen-bond acceptors (Lipinski definition) is 3. The Kier molecular flexibility index (Phi) is 5.44. The molecule has 29 heavy (non-hydrogen) atoms. The number of carbonyl (C=O) groups excluding carboxylic acids is 1. The lowest BCUT2D eigenvalue weighted by atomic mass is 9.95. The van der Waals surface area contributed by atoms with Gasteiger partial charge in [0.2, 0.25) is 15.9 Å². The number of sulfonamides is 1. The fourth-order valence-electron chi connectivity index (χ4n) is 4.34. The van der Waals surface area contributed by atoms with E-state index in [1.165, 1.54) is 12.1 Å². The van der Waals surface area contributed by atoms with Gasteiger partial charge in [-0.05, 0) is 54.0 Å². The first kappa shape index (κ1) is 20.0. The smallest absolute Gasteiger partial charge is 0.226 e. The molecule has 0 spiro atoms. The topological polar surface area (TPSA) is 66.5 Å². The van der Waals surface area contributed by atoms with Crippen LogP contribution >= 0.6 is 0 Å². The fraction of sp³-hybridized carbons (Fsp3) is 0.409. The van der Waals surface area contributed by atoms with E-state index in [-0.39, 0.29) is 29.6 Å². The number of benzene rings is 2. The highest BCUT2D eigenvalue weighted by molar-refractivity contribution is 7.88. The Labute approximate surface area is 171 Å². The number of halogens is 1. The van der Waals surface area contributed by atoms with Gasteiger partial charge >= 0.3 is 0 Å². The van der Waals surface area contributed by atoms with Gasteiger partial charge in [0.25, 0.3) is 0 Å². The van der Waals surface area contributed by atoms with Crippen LogP contribution < -0.4 is 4.72 Å². The Hall–Kier alpha value is -2.25. The SMILES string of the molecule is CS(=O)(=O)N[C@H]1CCCN(C(=O)[C@@H]2C[C@H]2c2ccccc2-c2ccc(F)cc2)C1. The maximum Gasteiger partial charge on any atom is 0.226 e. The minimum Gasteiger partial charge on any atom is -0.341 e. The zero-order chi connectivity index (χ0) is 20.6. The summed E-state index contributed by atoms with van der Waals surface area (Å²) in [5.41, 5.74) is 3.08. The lowest BCUT2D eigenvalue weighted by Gasteiger charge is -2.33. The van der Waals surface area contributed by atoms with Crippen LogP contribution in [0.25, 0.3) is 11.1 Å². The number of piperidine rings is 1. The van der Waals surface area contributed by atoms with Gasteiger partial charge in [-0.1, -0.05) is 36.4 Å². The minimum absolute atomic E-state index is 0.0754. The summed E-state index contributed by atoms with van der Waals surface area (Å²) >= 11 is 0. The molecule has 1 N–H and O–H groups in total. The molecule has 1 heterocycles. The maximum absolute atomic E-state index is 13.3. The first-order chi connectivity index (χ1) is 13.8. The summed E-state index contributed by atoms with van der Waals surface area (Å²) in [6.45, 7) is 1.10. The summed E-state index contributed by atoms with van der Waals surface area (Å²) in [6, 6.07) is 14.2. The van der Waals surface area contributed by atoms with E-state index in [0.717, 1.165) is 42.2 Å². The molecule has 0 aromatic heterocycles. The highest BCUT2D eigenvalue weighted by atomic mass is 32.2. The third-order valence-corrected chi connectivity index (χ3v) is 6.50. The Morgan fingerprint density at radius 3 is 2.59 bits per heavy atom. The molecule has 154 valence electrons. The molecule has 2 aromatic rings. The number of nitrogens with zero attached hydrogens (tertiary/aromatic N) is 1. The summed E-state index contributed by atoms with van der Waals surface area (Å²) in [5.74, 6) is -0.0995. The second kappa shape index (κ2) is 7.88. The monoisotopic (exact) mass is 416 g/mol. The predicted octanol–water partition coefficient (Wildman–Crippen LogP) is 3.14. The van der Waals surface area contributed by atoms with Gasteiger partial charge in [-0.25, -0.2) is 17.5 Å². The first-order valence-corrected chi connectivity index (χ1v) is 11.8. The van der Waals surface area contributed by atoms with E-state index in [9.17, 15) is 17.6 Å². The van der Waals surface area contributed by atoms with Crippen molar-refractivity contribution in [3.8, 4) is 11.1 Å². The molecule has 3 atom stereocenters. The van der Waals surface area contributed by atoms with Crippen molar-refractivity contribution in [2.24, 2.45) is 5.92 Å². The number of amides is 1. The summed E-state index contributed by atoms with van der Waals surface area (Å²) in [7, 11) is -3.29. The van der Waals surface area contributed by atoms with Gasteiger partial charge in [-0.3, -0.25) is 4.79 Å². The molecule has 2 fully saturated rings. The van der Waals surface area contributed by atoms with Crippen LogP contribution in [-0.2, 0) is 14.8 Å². The molecule has 1 amide bonds. The minimum atomic E-state index is -3.29. The molecule has 0 unspecified atom stereocenters. The lowest BCUT2D eigenvalue weighted by Crippen LogP contribution is -2.49. The average molecular weight is 417 g/mol. The van der Waals surface area contributed by atoms with Crippen molar-refractivity contribution in [2.75, 3.05) is 19.3 Å². The molecule has 7 heteroatoms. The number of hydrogen-bond donors (Lipinski definition) is 1. The second-order valence-corrected chi connectivity index (χ2v) is 9.84. The molecule has 1 saturated carbocycles. The van der Waals surface area contributed by atoms with Gasteiger partial charge in [-0.15, -0.1) is 0 Å². The van der Waals surface area contributed by atoms with Crippen LogP contribution in [0.5, 0.6) is 0 Å². The van der Waals surface area contributed by atoms with Crippen LogP contribution in [0.4, 0.5) is 4.39 Å². The number of rotatable bonds is 5. The molecule has 4 rings (SSSR count). The Morgan fingerprint density at radius 2 is 1.86 bits per heavy atom. The molecule has 1 aliphatic heterocycles. The third kappa shape index (κ3) is 4.67. The van der Waals surface area contributed by atoms with Crippen molar-refractivity contribution in [1.29, 1.82) is 0 Å². The number of nitrogens with one attached hydrogen (secondary N) is 1. The number of carbonyl (C=O) groups is 1. The average Bonchev–Trinajstić information content (AvgIpc) is 3.48. The molecule has 1 aliphatic carbocycles. The van der Waals surface area contributed by atoms with Crippen molar-refractivity contribution in [3.63, 3.8) is 0 Å². The van der Waals surface area contributed by atoms with Crippen LogP contribution in [0.3, 0.4) is 0 Å². The van der Waals surface area contributed by atoms with E-state index in [1.54, 1.807) is 17.0 Å². The highest BCUT2D eigenvalue weighted by Gasteiger charge is 2.47. The van der Waals surface area contributed by atoms with E-state index in [1.807, 2.05) is 24.3 Å². The van der Waals surface area contributed by atoms with Crippen LogP contribution in [0.15, 0.2) is 48.5 Å². The van der Waals surface area contributed by atoms with Gasteiger partial charge in [0.15, 0.2) is 0 Å². The van der Waals surface area contributed by atoms with Crippen LogP contribution in [0.1, 0.15) is 30.7 Å². The molecular weight excluding hydrogens is 391 g/mol. The van der Waals surface area contributed by atoms with E-state index < -0.39 is 10.0 Å². The first-order valence-electron chi connectivity index (χ1n) is 9.93. The zero-order valence-electron chi connectivity index (χ0n) is 16.3. The van der Waals surface area contributed by atoms with Crippen molar-refractivity contribution in [1.82, 2.24) is 9.62 Å². The largest absolute Gasteiger partial charge is 0.341 e. The molecule has 2 aromatic carbocycles. The molecule has 5 nitrogen and oxygen atoms in total. The molecule has 1 saturated heterocycles. The summed E-state index contributed by atoms with van der Waals surface area (Å²) in [4.78, 5) is 14.8. The highest BCUT2D eigenvalue weighted by Crippen LogP contribution is 2.51. The van der Waals surface area contributed by atoms with Crippen LogP contribution in [0.2, 0.25) is 0 Å². The van der Waals surface area contributed by atoms with Crippen molar-refractivity contribution in [3.05, 3.63) is 59.9 Å².